The second-order valence-corrected chi connectivity index (χ2v) is 18.7. The van der Waals surface area contributed by atoms with E-state index in [0.29, 0.717) is 0 Å². The van der Waals surface area contributed by atoms with E-state index in [4.69, 9.17) is 0 Å². The predicted octanol–water partition coefficient (Wildman–Crippen LogP) is 5.19. The van der Waals surface area contributed by atoms with Gasteiger partial charge >= 0.3 is 125 Å². The van der Waals surface area contributed by atoms with Crippen molar-refractivity contribution in [1.82, 2.24) is 3.12 Å². The Bertz CT molecular complexity index is 265. The summed E-state index contributed by atoms with van der Waals surface area (Å²) in [6.07, 6.45) is 14.8. The molecule has 0 bridgehead atoms. The van der Waals surface area contributed by atoms with Crippen molar-refractivity contribution in [2.24, 2.45) is 4.99 Å². The van der Waals surface area contributed by atoms with Crippen LogP contribution in [-0.4, -0.2) is 34.5 Å². The van der Waals surface area contributed by atoms with E-state index in [1.54, 1.807) is 13.3 Å². The molecule has 0 aromatic carbocycles. The average molecular weight is 371 g/mol. The molecule has 3 heteroatoms. The standard InChI is InChI=1S/C4H5N2.3C4H9.Sn/c1-2-6-4-3-5-1;3*1-3-4-2;/h1-3H,4H2;3*1,3-4H2,2H3;/q-1;;;;+1. The van der Waals surface area contributed by atoms with Crippen LogP contribution in [0.2, 0.25) is 13.3 Å². The Morgan fingerprint density at radius 2 is 1.47 bits per heavy atom. The molecule has 1 heterocycles. The van der Waals surface area contributed by atoms with Gasteiger partial charge in [-0.15, -0.1) is 0 Å². The Hall–Kier alpha value is 0.00870. The van der Waals surface area contributed by atoms with Crippen LogP contribution >= 0.6 is 0 Å². The third kappa shape index (κ3) is 5.48. The molecule has 2 nitrogen and oxygen atoms in total. The van der Waals surface area contributed by atoms with Crippen molar-refractivity contribution in [3.63, 3.8) is 0 Å². The van der Waals surface area contributed by atoms with Gasteiger partial charge in [-0.1, -0.05) is 0 Å². The molecule has 0 aromatic heterocycles. The molecule has 0 fully saturated rings. The van der Waals surface area contributed by atoms with Crippen molar-refractivity contribution >= 4 is 24.9 Å². The zero-order valence-corrected chi connectivity index (χ0v) is 16.1. The first-order valence-corrected chi connectivity index (χ1v) is 15.6. The van der Waals surface area contributed by atoms with Crippen LogP contribution in [0.4, 0.5) is 0 Å². The Balaban J connectivity index is 2.80. The van der Waals surface area contributed by atoms with Crippen molar-refractivity contribution in [2.75, 3.05) is 6.54 Å². The summed E-state index contributed by atoms with van der Waals surface area (Å²) < 4.78 is 7.42. The Kier molecular flexibility index (Phi) is 8.84. The van der Waals surface area contributed by atoms with E-state index < -0.39 is 18.7 Å². The van der Waals surface area contributed by atoms with Crippen LogP contribution in [0.15, 0.2) is 17.4 Å². The molecule has 0 amide bonds. The van der Waals surface area contributed by atoms with E-state index in [-0.39, 0.29) is 0 Å². The zero-order valence-electron chi connectivity index (χ0n) is 13.2. The van der Waals surface area contributed by atoms with Gasteiger partial charge in [0.2, 0.25) is 0 Å². The number of aliphatic imine (C=N–C) groups is 1. The summed E-state index contributed by atoms with van der Waals surface area (Å²) in [5.41, 5.74) is 0. The van der Waals surface area contributed by atoms with Gasteiger partial charge in [0, 0.05) is 0 Å². The summed E-state index contributed by atoms with van der Waals surface area (Å²) in [6.45, 7) is 8.10. The van der Waals surface area contributed by atoms with Gasteiger partial charge in [-0.05, 0) is 0 Å². The fourth-order valence-electron chi connectivity index (χ4n) is 3.05. The molecule has 0 aliphatic carbocycles. The zero-order chi connectivity index (χ0) is 14.0. The Morgan fingerprint density at radius 3 is 1.84 bits per heavy atom. The molecule has 0 aromatic rings. The van der Waals surface area contributed by atoms with Crippen molar-refractivity contribution < 1.29 is 0 Å². The summed E-state index contributed by atoms with van der Waals surface area (Å²) >= 11 is -2.16. The molecule has 0 radical (unpaired) electrons. The molecule has 1 aliphatic heterocycles. The number of rotatable bonds is 10. The quantitative estimate of drug-likeness (QED) is 0.483. The maximum absolute atomic E-state index is 4.27. The molecule has 0 N–H and O–H groups in total. The van der Waals surface area contributed by atoms with Crippen LogP contribution < -0.4 is 0 Å². The molecule has 1 rings (SSSR count). The van der Waals surface area contributed by atoms with Crippen molar-refractivity contribution in [3.8, 4) is 0 Å². The summed E-state index contributed by atoms with van der Waals surface area (Å²) in [5.74, 6) is 0. The maximum atomic E-state index is 4.27. The predicted molar refractivity (Wildman–Crippen MR) is 89.2 cm³/mol. The van der Waals surface area contributed by atoms with E-state index in [1.807, 2.05) is 6.20 Å². The fourth-order valence-corrected chi connectivity index (χ4v) is 18.7. The van der Waals surface area contributed by atoms with Crippen LogP contribution in [0.5, 0.6) is 0 Å². The minimum absolute atomic E-state index is 1.09. The van der Waals surface area contributed by atoms with Gasteiger partial charge in [-0.2, -0.15) is 0 Å². The topological polar surface area (TPSA) is 15.6 Å². The SMILES string of the molecule is CCC[CH2][Sn]([CH2]CCC)([CH2]CCC)[N]1C=CN=CC1. The third-order valence-corrected chi connectivity index (χ3v) is 19.7. The van der Waals surface area contributed by atoms with E-state index in [2.05, 4.69) is 41.3 Å². The molecule has 1 aliphatic rings. The second-order valence-electron chi connectivity index (χ2n) is 5.82. The molecule has 0 atom stereocenters. The monoisotopic (exact) mass is 372 g/mol. The first-order chi connectivity index (χ1) is 9.29. The molecular weight excluding hydrogens is 339 g/mol. The molecule has 0 spiro atoms. The number of hydrogen-bond donors (Lipinski definition) is 0. The van der Waals surface area contributed by atoms with E-state index >= 15 is 0 Å². The van der Waals surface area contributed by atoms with Crippen molar-refractivity contribution in [3.05, 3.63) is 12.4 Å². The molecule has 19 heavy (non-hydrogen) atoms. The van der Waals surface area contributed by atoms with Crippen LogP contribution in [0.1, 0.15) is 59.3 Å². The van der Waals surface area contributed by atoms with Crippen LogP contribution in [0.25, 0.3) is 0 Å². The van der Waals surface area contributed by atoms with Crippen molar-refractivity contribution in [2.45, 2.75) is 72.6 Å². The normalized spacial score (nSPS) is 15.2. The Labute approximate surface area is 124 Å². The number of unbranched alkanes of at least 4 members (excludes halogenated alkanes) is 3. The van der Waals surface area contributed by atoms with E-state index in [1.165, 1.54) is 38.5 Å². The molecule has 0 saturated heterocycles. The minimum atomic E-state index is -2.16. The van der Waals surface area contributed by atoms with Crippen molar-refractivity contribution in [1.29, 1.82) is 0 Å². The summed E-state index contributed by atoms with van der Waals surface area (Å²) in [5, 5.41) is 0. The number of nitrogens with zero attached hydrogens (tertiary/aromatic N) is 2. The van der Waals surface area contributed by atoms with Gasteiger partial charge in [0.25, 0.3) is 0 Å². The van der Waals surface area contributed by atoms with Gasteiger partial charge in [0.05, 0.1) is 0 Å². The molecule has 110 valence electrons. The first-order valence-electron chi connectivity index (χ1n) is 8.24. The van der Waals surface area contributed by atoms with Gasteiger partial charge in [-0.3, -0.25) is 0 Å². The molecule has 0 saturated carbocycles. The summed E-state index contributed by atoms with van der Waals surface area (Å²) in [7, 11) is 0. The van der Waals surface area contributed by atoms with E-state index in [0.717, 1.165) is 6.54 Å². The third-order valence-electron chi connectivity index (χ3n) is 4.31. The van der Waals surface area contributed by atoms with Gasteiger partial charge in [-0.25, -0.2) is 0 Å². The Morgan fingerprint density at radius 1 is 0.947 bits per heavy atom. The van der Waals surface area contributed by atoms with Gasteiger partial charge in [0.15, 0.2) is 0 Å². The average Bonchev–Trinajstić information content (AvgIpc) is 2.48. The van der Waals surface area contributed by atoms with Crippen LogP contribution in [0, 0.1) is 0 Å². The van der Waals surface area contributed by atoms with Crippen LogP contribution in [0.3, 0.4) is 0 Å². The number of hydrogen-bond acceptors (Lipinski definition) is 2. The fraction of sp³-hybridized carbons (Fsp3) is 0.812. The van der Waals surface area contributed by atoms with Gasteiger partial charge < -0.3 is 0 Å². The van der Waals surface area contributed by atoms with Gasteiger partial charge in [0.1, 0.15) is 0 Å². The summed E-state index contributed by atoms with van der Waals surface area (Å²) in [6, 6.07) is 0. The first kappa shape index (κ1) is 17.1. The second kappa shape index (κ2) is 9.84. The molecular formula is C16H32N2Sn. The summed E-state index contributed by atoms with van der Waals surface area (Å²) in [4.78, 5) is 4.27. The molecule has 0 unspecified atom stereocenters. The van der Waals surface area contributed by atoms with Crippen LogP contribution in [-0.2, 0) is 0 Å². The van der Waals surface area contributed by atoms with E-state index in [9.17, 15) is 0 Å².